The second-order valence-corrected chi connectivity index (χ2v) is 3.68. The lowest BCUT2D eigenvalue weighted by molar-refractivity contribution is -0.116. The molecule has 0 saturated heterocycles. The number of benzene rings is 1. The maximum Gasteiger partial charge on any atom is 0.134 e. The largest absolute Gasteiger partial charge is 0.497 e. The molecule has 14 heavy (non-hydrogen) atoms. The van der Waals surface area contributed by atoms with Crippen molar-refractivity contribution in [1.29, 1.82) is 0 Å². The van der Waals surface area contributed by atoms with E-state index in [2.05, 4.69) is 0 Å². The van der Waals surface area contributed by atoms with Gasteiger partial charge in [0.25, 0.3) is 0 Å². The molecule has 0 unspecified atom stereocenters. The Hall–Kier alpha value is -1.02. The molecular weight excluding hydrogens is 200 g/mol. The third-order valence-electron chi connectivity index (χ3n) is 2.10. The van der Waals surface area contributed by atoms with Crippen LogP contribution in [0.4, 0.5) is 0 Å². The molecule has 0 amide bonds. The molecule has 1 aromatic rings. The number of carbonyl (C=O) groups excluding carboxylic acids is 1. The van der Waals surface area contributed by atoms with Crippen LogP contribution >= 0.6 is 11.6 Å². The van der Waals surface area contributed by atoms with Crippen molar-refractivity contribution < 1.29 is 9.53 Å². The van der Waals surface area contributed by atoms with E-state index < -0.39 is 0 Å². The van der Waals surface area contributed by atoms with Gasteiger partial charge in [0.15, 0.2) is 0 Å². The van der Waals surface area contributed by atoms with Crippen LogP contribution in [-0.2, 0) is 11.2 Å². The molecule has 2 nitrogen and oxygen atoms in total. The Balaban J connectivity index is 3.13. The number of carbonyl (C=O) groups is 1. The van der Waals surface area contributed by atoms with Crippen molar-refractivity contribution in [3.05, 3.63) is 28.3 Å². The van der Waals surface area contributed by atoms with Crippen molar-refractivity contribution in [2.75, 3.05) is 7.11 Å². The van der Waals surface area contributed by atoms with Crippen molar-refractivity contribution in [3.8, 4) is 5.75 Å². The van der Waals surface area contributed by atoms with E-state index in [4.69, 9.17) is 16.3 Å². The minimum Gasteiger partial charge on any atom is -0.497 e. The predicted molar refractivity (Wildman–Crippen MR) is 57.1 cm³/mol. The van der Waals surface area contributed by atoms with Crippen molar-refractivity contribution in [3.63, 3.8) is 0 Å². The van der Waals surface area contributed by atoms with Crippen molar-refractivity contribution in [2.45, 2.75) is 20.3 Å². The summed E-state index contributed by atoms with van der Waals surface area (Å²) in [5, 5.41) is 0.639. The highest BCUT2D eigenvalue weighted by atomic mass is 35.5. The number of rotatable bonds is 3. The molecule has 0 radical (unpaired) electrons. The standard InChI is InChI=1S/C11H13ClO2/c1-7(13)4-9-5-10(14-3)6-11(12)8(9)2/h5-6H,4H2,1-3H3. The molecule has 3 heteroatoms. The zero-order valence-electron chi connectivity index (χ0n) is 8.56. The van der Waals surface area contributed by atoms with E-state index >= 15 is 0 Å². The molecule has 0 aromatic heterocycles. The maximum absolute atomic E-state index is 11.0. The predicted octanol–water partition coefficient (Wildman–Crippen LogP) is 2.79. The zero-order chi connectivity index (χ0) is 10.7. The number of hydrogen-bond donors (Lipinski definition) is 0. The molecule has 0 aliphatic heterocycles. The van der Waals surface area contributed by atoms with Gasteiger partial charge in [-0.2, -0.15) is 0 Å². The Labute approximate surface area is 88.8 Å². The summed E-state index contributed by atoms with van der Waals surface area (Å²) >= 11 is 5.99. The summed E-state index contributed by atoms with van der Waals surface area (Å²) in [6.45, 7) is 3.47. The van der Waals surface area contributed by atoms with Gasteiger partial charge in [-0.1, -0.05) is 11.6 Å². The molecule has 1 rings (SSSR count). The Morgan fingerprint density at radius 1 is 1.50 bits per heavy atom. The fourth-order valence-corrected chi connectivity index (χ4v) is 1.51. The van der Waals surface area contributed by atoms with E-state index in [1.807, 2.05) is 13.0 Å². The Morgan fingerprint density at radius 2 is 2.14 bits per heavy atom. The van der Waals surface area contributed by atoms with E-state index in [0.29, 0.717) is 17.2 Å². The van der Waals surface area contributed by atoms with Gasteiger partial charge < -0.3 is 4.74 Å². The van der Waals surface area contributed by atoms with Crippen LogP contribution in [0.25, 0.3) is 0 Å². The van der Waals surface area contributed by atoms with Gasteiger partial charge in [0.1, 0.15) is 11.5 Å². The number of halogens is 1. The maximum atomic E-state index is 11.0. The van der Waals surface area contributed by atoms with Crippen molar-refractivity contribution in [2.24, 2.45) is 0 Å². The van der Waals surface area contributed by atoms with Crippen molar-refractivity contribution >= 4 is 17.4 Å². The first-order valence-corrected chi connectivity index (χ1v) is 4.75. The summed E-state index contributed by atoms with van der Waals surface area (Å²) in [7, 11) is 1.58. The fraction of sp³-hybridized carbons (Fsp3) is 0.364. The van der Waals surface area contributed by atoms with E-state index in [1.54, 1.807) is 20.1 Å². The highest BCUT2D eigenvalue weighted by molar-refractivity contribution is 6.31. The van der Waals surface area contributed by atoms with Crippen LogP contribution in [-0.4, -0.2) is 12.9 Å². The van der Waals surface area contributed by atoms with E-state index in [9.17, 15) is 4.79 Å². The lowest BCUT2D eigenvalue weighted by Crippen LogP contribution is -2.00. The highest BCUT2D eigenvalue weighted by Gasteiger charge is 2.07. The lowest BCUT2D eigenvalue weighted by Gasteiger charge is -2.08. The Morgan fingerprint density at radius 3 is 2.64 bits per heavy atom. The molecule has 0 aliphatic rings. The van der Waals surface area contributed by atoms with Gasteiger partial charge in [-0.25, -0.2) is 0 Å². The number of Topliss-reactive ketones (excluding diaryl/α,β-unsaturated/α-hetero) is 1. The molecule has 0 heterocycles. The van der Waals surface area contributed by atoms with Gasteiger partial charge in [-0.3, -0.25) is 4.79 Å². The topological polar surface area (TPSA) is 26.3 Å². The van der Waals surface area contributed by atoms with Gasteiger partial charge in [0, 0.05) is 11.4 Å². The molecule has 0 fully saturated rings. The highest BCUT2D eigenvalue weighted by Crippen LogP contribution is 2.26. The molecule has 0 atom stereocenters. The normalized spacial score (nSPS) is 10.0. The van der Waals surface area contributed by atoms with Crippen LogP contribution in [0.1, 0.15) is 18.1 Å². The third kappa shape index (κ3) is 2.48. The first-order valence-electron chi connectivity index (χ1n) is 4.37. The number of hydrogen-bond acceptors (Lipinski definition) is 2. The van der Waals surface area contributed by atoms with Crippen LogP contribution in [0.15, 0.2) is 12.1 Å². The smallest absolute Gasteiger partial charge is 0.134 e. The number of ether oxygens (including phenoxy) is 1. The average molecular weight is 213 g/mol. The van der Waals surface area contributed by atoms with Gasteiger partial charge in [-0.05, 0) is 37.1 Å². The zero-order valence-corrected chi connectivity index (χ0v) is 9.31. The number of methoxy groups -OCH3 is 1. The fourth-order valence-electron chi connectivity index (χ4n) is 1.28. The van der Waals surface area contributed by atoms with Crippen LogP contribution in [0, 0.1) is 6.92 Å². The summed E-state index contributed by atoms with van der Waals surface area (Å²) < 4.78 is 5.08. The molecular formula is C11H13ClO2. The molecule has 0 bridgehead atoms. The average Bonchev–Trinajstić information content (AvgIpc) is 2.11. The first kappa shape index (κ1) is 11.1. The van der Waals surface area contributed by atoms with Crippen LogP contribution in [0.2, 0.25) is 5.02 Å². The summed E-state index contributed by atoms with van der Waals surface area (Å²) in [5.41, 5.74) is 1.88. The Kier molecular flexibility index (Phi) is 3.53. The van der Waals surface area contributed by atoms with Crippen LogP contribution < -0.4 is 4.74 Å². The number of ketones is 1. The molecule has 0 N–H and O–H groups in total. The van der Waals surface area contributed by atoms with Crippen LogP contribution in [0.5, 0.6) is 5.75 Å². The summed E-state index contributed by atoms with van der Waals surface area (Å²) in [6.07, 6.45) is 0.406. The summed E-state index contributed by atoms with van der Waals surface area (Å²) in [6, 6.07) is 3.60. The van der Waals surface area contributed by atoms with E-state index in [-0.39, 0.29) is 5.78 Å². The van der Waals surface area contributed by atoms with Gasteiger partial charge in [0.05, 0.1) is 7.11 Å². The monoisotopic (exact) mass is 212 g/mol. The SMILES string of the molecule is COc1cc(Cl)c(C)c(CC(C)=O)c1. The quantitative estimate of drug-likeness (QED) is 0.770. The molecule has 76 valence electrons. The summed E-state index contributed by atoms with van der Waals surface area (Å²) in [5.74, 6) is 0.814. The molecule has 0 aliphatic carbocycles. The van der Waals surface area contributed by atoms with Crippen molar-refractivity contribution in [1.82, 2.24) is 0 Å². The molecule has 1 aromatic carbocycles. The second kappa shape index (κ2) is 4.47. The minimum absolute atomic E-state index is 0.123. The van der Waals surface area contributed by atoms with E-state index in [0.717, 1.165) is 11.1 Å². The first-order chi connectivity index (χ1) is 6.54. The summed E-state index contributed by atoms with van der Waals surface area (Å²) in [4.78, 5) is 11.0. The minimum atomic E-state index is 0.123. The Bertz CT molecular complexity index is 359. The lowest BCUT2D eigenvalue weighted by atomic mass is 10.0. The molecule has 0 spiro atoms. The van der Waals surface area contributed by atoms with E-state index in [1.165, 1.54) is 0 Å². The van der Waals surface area contributed by atoms with Gasteiger partial charge in [-0.15, -0.1) is 0 Å². The molecule has 0 saturated carbocycles. The van der Waals surface area contributed by atoms with Crippen LogP contribution in [0.3, 0.4) is 0 Å². The van der Waals surface area contributed by atoms with Gasteiger partial charge >= 0.3 is 0 Å². The third-order valence-corrected chi connectivity index (χ3v) is 2.49. The second-order valence-electron chi connectivity index (χ2n) is 3.27. The van der Waals surface area contributed by atoms with Gasteiger partial charge in [0.2, 0.25) is 0 Å².